The normalized spacial score (nSPS) is 21.4. The molecule has 0 spiro atoms. The Kier molecular flexibility index (Phi) is 4.37. The Morgan fingerprint density at radius 2 is 1.95 bits per heavy atom. The maximum absolute atomic E-state index is 12.4. The Balaban J connectivity index is 2.15. The van der Waals surface area contributed by atoms with Crippen molar-refractivity contribution in [1.29, 1.82) is 0 Å². The summed E-state index contributed by atoms with van der Waals surface area (Å²) in [6, 6.07) is 7.46. The summed E-state index contributed by atoms with van der Waals surface area (Å²) >= 11 is 0. The average Bonchev–Trinajstić information content (AvgIpc) is 2.54. The van der Waals surface area contributed by atoms with Crippen molar-refractivity contribution in [1.82, 2.24) is 5.32 Å². The Morgan fingerprint density at radius 1 is 1.25 bits per heavy atom. The Labute approximate surface area is 119 Å². The molecular formula is C16H20N2O2. The van der Waals surface area contributed by atoms with E-state index in [1.807, 2.05) is 56.6 Å². The summed E-state index contributed by atoms with van der Waals surface area (Å²) in [4.78, 5) is 12.4. The molecule has 1 aromatic rings. The van der Waals surface area contributed by atoms with Crippen LogP contribution >= 0.6 is 0 Å². The fraction of sp³-hybridized carbons (Fsp3) is 0.312. The van der Waals surface area contributed by atoms with Crippen LogP contribution in [-0.4, -0.2) is 32.7 Å². The van der Waals surface area contributed by atoms with E-state index in [0.717, 1.165) is 5.69 Å². The van der Waals surface area contributed by atoms with E-state index in [2.05, 4.69) is 10.6 Å². The van der Waals surface area contributed by atoms with Crippen LogP contribution in [0.25, 0.3) is 0 Å². The topological polar surface area (TPSA) is 50.4 Å². The number of allylic oxidation sites excluding steroid dienone is 2. The highest BCUT2D eigenvalue weighted by molar-refractivity contribution is 6.10. The zero-order valence-electron chi connectivity index (χ0n) is 12.1. The van der Waals surface area contributed by atoms with Crippen LogP contribution < -0.4 is 10.6 Å². The summed E-state index contributed by atoms with van der Waals surface area (Å²) in [5.41, 5.74) is 1.88. The number of likely N-dealkylation sites (N-methyl/N-ethyl adjacent to an activating group) is 1. The van der Waals surface area contributed by atoms with Gasteiger partial charge in [-0.25, -0.2) is 0 Å². The summed E-state index contributed by atoms with van der Waals surface area (Å²) in [6.07, 6.45) is 6.25. The monoisotopic (exact) mass is 272 g/mol. The van der Waals surface area contributed by atoms with Crippen LogP contribution in [0.1, 0.15) is 16.8 Å². The van der Waals surface area contributed by atoms with E-state index in [1.54, 1.807) is 7.11 Å². The molecular weight excluding hydrogens is 252 g/mol. The Morgan fingerprint density at radius 3 is 2.40 bits per heavy atom. The highest BCUT2D eigenvalue weighted by Crippen LogP contribution is 2.23. The maximum atomic E-state index is 12.4. The second kappa shape index (κ2) is 6.03. The van der Waals surface area contributed by atoms with Crippen molar-refractivity contribution in [2.75, 3.05) is 26.5 Å². The first-order chi connectivity index (χ1) is 9.64. The van der Waals surface area contributed by atoms with E-state index >= 15 is 0 Å². The van der Waals surface area contributed by atoms with Gasteiger partial charge in [0.25, 0.3) is 0 Å². The third-order valence-electron chi connectivity index (χ3n) is 3.64. The van der Waals surface area contributed by atoms with Gasteiger partial charge in [0.1, 0.15) is 5.72 Å². The average molecular weight is 272 g/mol. The minimum Gasteiger partial charge on any atom is -0.388 e. The SMILES string of the molecule is CNc1ccc(C(=O)C2=CCC(NC)(OC)C=C2)cc1. The van der Waals surface area contributed by atoms with Crippen LogP contribution in [0.15, 0.2) is 48.1 Å². The standard InChI is InChI=1S/C16H20N2O2/c1-17-14-6-4-12(5-7-14)15(19)13-8-10-16(18-2,20-3)11-9-13/h4-10,17-18H,11H2,1-3H3. The molecule has 0 saturated heterocycles. The van der Waals surface area contributed by atoms with Crippen molar-refractivity contribution >= 4 is 11.5 Å². The molecule has 2 rings (SSSR count). The first kappa shape index (κ1) is 14.5. The van der Waals surface area contributed by atoms with E-state index in [-0.39, 0.29) is 5.78 Å². The van der Waals surface area contributed by atoms with E-state index < -0.39 is 5.72 Å². The number of anilines is 1. The lowest BCUT2D eigenvalue weighted by Gasteiger charge is -2.30. The van der Waals surface area contributed by atoms with E-state index in [0.29, 0.717) is 17.6 Å². The molecule has 20 heavy (non-hydrogen) atoms. The lowest BCUT2D eigenvalue weighted by molar-refractivity contribution is 0.0106. The molecule has 0 aliphatic heterocycles. The molecule has 4 heteroatoms. The number of nitrogens with one attached hydrogen (secondary N) is 2. The van der Waals surface area contributed by atoms with Gasteiger partial charge in [-0.05, 0) is 37.4 Å². The molecule has 0 heterocycles. The minimum absolute atomic E-state index is 0.0321. The van der Waals surface area contributed by atoms with Gasteiger partial charge in [-0.1, -0.05) is 12.2 Å². The molecule has 106 valence electrons. The third kappa shape index (κ3) is 2.81. The van der Waals surface area contributed by atoms with Crippen LogP contribution in [0.2, 0.25) is 0 Å². The molecule has 0 bridgehead atoms. The number of carbonyl (C=O) groups excluding carboxylic acids is 1. The fourth-order valence-electron chi connectivity index (χ4n) is 2.18. The summed E-state index contributed by atoms with van der Waals surface area (Å²) in [5, 5.41) is 6.14. The molecule has 0 amide bonds. The molecule has 1 aromatic carbocycles. The van der Waals surface area contributed by atoms with Gasteiger partial charge in [-0.3, -0.25) is 10.1 Å². The first-order valence-electron chi connectivity index (χ1n) is 6.60. The molecule has 0 fully saturated rings. The van der Waals surface area contributed by atoms with Crippen molar-refractivity contribution < 1.29 is 9.53 Å². The van der Waals surface area contributed by atoms with Gasteiger partial charge in [-0.15, -0.1) is 0 Å². The van der Waals surface area contributed by atoms with Gasteiger partial charge in [-0.2, -0.15) is 0 Å². The zero-order valence-corrected chi connectivity index (χ0v) is 12.1. The number of hydrogen-bond donors (Lipinski definition) is 2. The van der Waals surface area contributed by atoms with Crippen molar-refractivity contribution in [3.05, 3.63) is 53.6 Å². The number of benzene rings is 1. The molecule has 2 N–H and O–H groups in total. The predicted molar refractivity (Wildman–Crippen MR) is 81.0 cm³/mol. The highest BCUT2D eigenvalue weighted by atomic mass is 16.5. The van der Waals surface area contributed by atoms with Gasteiger partial charge >= 0.3 is 0 Å². The zero-order chi connectivity index (χ0) is 14.6. The number of methoxy groups -OCH3 is 1. The summed E-state index contributed by atoms with van der Waals surface area (Å²) < 4.78 is 5.43. The van der Waals surface area contributed by atoms with Gasteiger partial charge in [0, 0.05) is 37.4 Å². The quantitative estimate of drug-likeness (QED) is 0.638. The molecule has 1 atom stereocenters. The van der Waals surface area contributed by atoms with E-state index in [1.165, 1.54) is 0 Å². The number of ketones is 1. The molecule has 1 unspecified atom stereocenters. The lowest BCUT2D eigenvalue weighted by Crippen LogP contribution is -2.43. The molecule has 0 radical (unpaired) electrons. The van der Waals surface area contributed by atoms with Crippen LogP contribution in [-0.2, 0) is 4.74 Å². The first-order valence-corrected chi connectivity index (χ1v) is 6.60. The number of carbonyl (C=O) groups is 1. The largest absolute Gasteiger partial charge is 0.388 e. The van der Waals surface area contributed by atoms with Crippen molar-refractivity contribution in [2.45, 2.75) is 12.1 Å². The van der Waals surface area contributed by atoms with Gasteiger partial charge in [0.15, 0.2) is 5.78 Å². The van der Waals surface area contributed by atoms with Crippen molar-refractivity contribution in [3.63, 3.8) is 0 Å². The second-order valence-corrected chi connectivity index (χ2v) is 4.70. The molecule has 0 saturated carbocycles. The minimum atomic E-state index is -0.500. The second-order valence-electron chi connectivity index (χ2n) is 4.70. The number of rotatable bonds is 5. The highest BCUT2D eigenvalue weighted by Gasteiger charge is 2.27. The van der Waals surface area contributed by atoms with Crippen LogP contribution in [0.5, 0.6) is 0 Å². The predicted octanol–water partition coefficient (Wildman–Crippen LogP) is 2.36. The van der Waals surface area contributed by atoms with Crippen molar-refractivity contribution in [2.24, 2.45) is 0 Å². The van der Waals surface area contributed by atoms with Gasteiger partial charge in [0.2, 0.25) is 0 Å². The molecule has 4 nitrogen and oxygen atoms in total. The summed E-state index contributed by atoms with van der Waals surface area (Å²) in [5.74, 6) is 0.0321. The third-order valence-corrected chi connectivity index (χ3v) is 3.64. The molecule has 0 aromatic heterocycles. The van der Waals surface area contributed by atoms with Crippen molar-refractivity contribution in [3.8, 4) is 0 Å². The fourth-order valence-corrected chi connectivity index (χ4v) is 2.18. The van der Waals surface area contributed by atoms with Crippen LogP contribution in [0, 0.1) is 0 Å². The van der Waals surface area contributed by atoms with Gasteiger partial charge in [0.05, 0.1) is 0 Å². The molecule has 1 aliphatic carbocycles. The Bertz CT molecular complexity index is 540. The summed E-state index contributed by atoms with van der Waals surface area (Å²) in [7, 11) is 5.34. The van der Waals surface area contributed by atoms with Crippen LogP contribution in [0.3, 0.4) is 0 Å². The lowest BCUT2D eigenvalue weighted by atomic mass is 9.94. The maximum Gasteiger partial charge on any atom is 0.192 e. The summed E-state index contributed by atoms with van der Waals surface area (Å²) in [6.45, 7) is 0. The number of hydrogen-bond acceptors (Lipinski definition) is 4. The number of Topliss-reactive ketones (excluding diaryl/α,β-unsaturated/α-hetero) is 1. The van der Waals surface area contributed by atoms with E-state index in [4.69, 9.17) is 4.74 Å². The van der Waals surface area contributed by atoms with Crippen LogP contribution in [0.4, 0.5) is 5.69 Å². The smallest absolute Gasteiger partial charge is 0.192 e. The molecule has 1 aliphatic rings. The van der Waals surface area contributed by atoms with Gasteiger partial charge < -0.3 is 10.1 Å². The van der Waals surface area contributed by atoms with E-state index in [9.17, 15) is 4.79 Å². The Hall–Kier alpha value is -1.91. The number of ether oxygens (including phenoxy) is 1.